The van der Waals surface area contributed by atoms with Gasteiger partial charge in [0.15, 0.2) is 0 Å². The van der Waals surface area contributed by atoms with Crippen LogP contribution >= 0.6 is 11.6 Å². The van der Waals surface area contributed by atoms with Crippen molar-refractivity contribution in [2.75, 3.05) is 0 Å². The first-order valence-electron chi connectivity index (χ1n) is 8.67. The van der Waals surface area contributed by atoms with E-state index in [0.29, 0.717) is 21.9 Å². The van der Waals surface area contributed by atoms with E-state index in [1.807, 2.05) is 0 Å². The molecule has 1 aromatic heterocycles. The minimum absolute atomic E-state index is 0.0479. The number of carbonyl (C=O) groups is 1. The van der Waals surface area contributed by atoms with Gasteiger partial charge in [-0.1, -0.05) is 32.4 Å². The van der Waals surface area contributed by atoms with E-state index in [9.17, 15) is 9.59 Å². The van der Waals surface area contributed by atoms with E-state index in [4.69, 9.17) is 20.8 Å². The Bertz CT molecular complexity index is 929. The molecule has 2 aliphatic carbocycles. The van der Waals surface area contributed by atoms with Gasteiger partial charge in [-0.3, -0.25) is 0 Å². The van der Waals surface area contributed by atoms with Crippen molar-refractivity contribution in [2.24, 2.45) is 16.7 Å². The molecular weight excluding hydrogens is 340 g/mol. The lowest BCUT2D eigenvalue weighted by Gasteiger charge is -2.38. The molecule has 4 rings (SSSR count). The Balaban J connectivity index is 1.65. The molecule has 0 N–H and O–H groups in total. The van der Waals surface area contributed by atoms with E-state index in [1.165, 1.54) is 12.5 Å². The highest BCUT2D eigenvalue weighted by atomic mass is 35.5. The molecule has 0 amide bonds. The van der Waals surface area contributed by atoms with Crippen LogP contribution in [0.25, 0.3) is 11.0 Å². The fourth-order valence-corrected chi connectivity index (χ4v) is 4.92. The van der Waals surface area contributed by atoms with Gasteiger partial charge in [-0.25, -0.2) is 9.59 Å². The summed E-state index contributed by atoms with van der Waals surface area (Å²) < 4.78 is 11.0. The SMILES string of the molecule is CC1(C)C2CCC1(C)C(OC(=O)c1cc3cc(Cl)ccc3oc1=O)C2. The summed E-state index contributed by atoms with van der Waals surface area (Å²) in [5.74, 6) is -0.0488. The van der Waals surface area contributed by atoms with Crippen molar-refractivity contribution in [3.63, 3.8) is 0 Å². The highest BCUT2D eigenvalue weighted by Crippen LogP contribution is 2.66. The smallest absolute Gasteiger partial charge is 0.351 e. The first-order chi connectivity index (χ1) is 11.7. The fourth-order valence-electron chi connectivity index (χ4n) is 4.74. The molecule has 1 aromatic carbocycles. The molecule has 0 aliphatic heterocycles. The molecule has 2 fully saturated rings. The van der Waals surface area contributed by atoms with Gasteiger partial charge in [-0.15, -0.1) is 0 Å². The monoisotopic (exact) mass is 360 g/mol. The Morgan fingerprint density at radius 3 is 2.68 bits per heavy atom. The van der Waals surface area contributed by atoms with Crippen LogP contribution in [0.1, 0.15) is 50.4 Å². The third-order valence-corrected chi connectivity index (χ3v) is 7.11. The van der Waals surface area contributed by atoms with E-state index >= 15 is 0 Å². The van der Waals surface area contributed by atoms with Gasteiger partial charge in [0.05, 0.1) is 0 Å². The molecule has 2 saturated carbocycles. The number of hydrogen-bond acceptors (Lipinski definition) is 4. The van der Waals surface area contributed by atoms with Crippen molar-refractivity contribution < 1.29 is 13.9 Å². The Kier molecular flexibility index (Phi) is 3.56. The van der Waals surface area contributed by atoms with E-state index in [-0.39, 0.29) is 22.5 Å². The van der Waals surface area contributed by atoms with Crippen LogP contribution in [0.5, 0.6) is 0 Å². The van der Waals surface area contributed by atoms with Gasteiger partial charge in [-0.05, 0) is 54.9 Å². The third kappa shape index (κ3) is 2.34. The molecule has 1 heterocycles. The Morgan fingerprint density at radius 1 is 1.28 bits per heavy atom. The number of halogens is 1. The van der Waals surface area contributed by atoms with Crippen LogP contribution in [0.3, 0.4) is 0 Å². The van der Waals surface area contributed by atoms with Crippen LogP contribution in [0.4, 0.5) is 0 Å². The molecular formula is C20H21ClO4. The minimum Gasteiger partial charge on any atom is -0.458 e. The third-order valence-electron chi connectivity index (χ3n) is 6.88. The molecule has 132 valence electrons. The van der Waals surface area contributed by atoms with E-state index in [1.54, 1.807) is 18.2 Å². The fraction of sp³-hybridized carbons (Fsp3) is 0.500. The Labute approximate surface area is 151 Å². The zero-order valence-electron chi connectivity index (χ0n) is 14.6. The van der Waals surface area contributed by atoms with Gasteiger partial charge >= 0.3 is 11.6 Å². The predicted octanol–water partition coefficient (Wildman–Crippen LogP) is 4.82. The van der Waals surface area contributed by atoms with Crippen molar-refractivity contribution in [1.29, 1.82) is 0 Å². The molecule has 2 aromatic rings. The maximum atomic E-state index is 12.7. The van der Waals surface area contributed by atoms with Crippen LogP contribution < -0.4 is 5.63 Å². The van der Waals surface area contributed by atoms with E-state index in [0.717, 1.165) is 12.8 Å². The summed E-state index contributed by atoms with van der Waals surface area (Å²) in [6.45, 7) is 6.70. The Hall–Kier alpha value is -1.81. The van der Waals surface area contributed by atoms with E-state index < -0.39 is 11.6 Å². The largest absolute Gasteiger partial charge is 0.458 e. The second kappa shape index (κ2) is 5.34. The van der Waals surface area contributed by atoms with Crippen molar-refractivity contribution >= 4 is 28.5 Å². The van der Waals surface area contributed by atoms with Crippen molar-refractivity contribution in [3.05, 3.63) is 45.3 Å². The van der Waals surface area contributed by atoms with Crippen LogP contribution in [0.15, 0.2) is 33.5 Å². The lowest BCUT2D eigenvalue weighted by atomic mass is 9.70. The number of rotatable bonds is 2. The van der Waals surface area contributed by atoms with Gasteiger partial charge in [0.25, 0.3) is 0 Å². The molecule has 4 nitrogen and oxygen atoms in total. The summed E-state index contributed by atoms with van der Waals surface area (Å²) >= 11 is 5.98. The average Bonchev–Trinajstić information content (AvgIpc) is 2.88. The Morgan fingerprint density at radius 2 is 2.04 bits per heavy atom. The standard InChI is InChI=1S/C20H21ClO4/c1-19(2)12-6-7-20(19,3)16(10-12)25-18(23)14-9-11-8-13(21)4-5-15(11)24-17(14)22/h4-5,8-9,12,16H,6-7,10H2,1-3H3. The number of ether oxygens (including phenoxy) is 1. The van der Waals surface area contributed by atoms with Crippen LogP contribution in [-0.2, 0) is 4.74 Å². The quantitative estimate of drug-likeness (QED) is 0.569. The maximum absolute atomic E-state index is 12.7. The van der Waals surface area contributed by atoms with Gasteiger partial charge in [0.1, 0.15) is 17.3 Å². The number of benzene rings is 1. The normalized spacial score (nSPS) is 29.9. The van der Waals surface area contributed by atoms with Gasteiger partial charge in [0, 0.05) is 15.8 Å². The average molecular weight is 361 g/mol. The number of carbonyl (C=O) groups excluding carboxylic acids is 1. The highest BCUT2D eigenvalue weighted by Gasteiger charge is 2.62. The van der Waals surface area contributed by atoms with E-state index in [2.05, 4.69) is 20.8 Å². The molecule has 5 heteroatoms. The summed E-state index contributed by atoms with van der Waals surface area (Å²) in [4.78, 5) is 24.9. The highest BCUT2D eigenvalue weighted by molar-refractivity contribution is 6.31. The van der Waals surface area contributed by atoms with Crippen molar-refractivity contribution in [2.45, 2.75) is 46.1 Å². The second-order valence-electron chi connectivity index (χ2n) is 8.13. The second-order valence-corrected chi connectivity index (χ2v) is 8.57. The number of hydrogen-bond donors (Lipinski definition) is 0. The first kappa shape index (κ1) is 16.6. The minimum atomic E-state index is -0.674. The molecule has 3 unspecified atom stereocenters. The maximum Gasteiger partial charge on any atom is 0.351 e. The topological polar surface area (TPSA) is 56.5 Å². The lowest BCUT2D eigenvalue weighted by Crippen LogP contribution is -2.38. The lowest BCUT2D eigenvalue weighted by molar-refractivity contribution is -0.0245. The molecule has 3 atom stereocenters. The first-order valence-corrected chi connectivity index (χ1v) is 9.04. The zero-order chi connectivity index (χ0) is 18.0. The molecule has 0 saturated heterocycles. The summed E-state index contributed by atoms with van der Waals surface area (Å²) in [5.41, 5.74) is -0.252. The van der Waals surface area contributed by atoms with Gasteiger partial charge < -0.3 is 9.15 Å². The van der Waals surface area contributed by atoms with Crippen LogP contribution in [-0.4, -0.2) is 12.1 Å². The van der Waals surface area contributed by atoms with Gasteiger partial charge in [-0.2, -0.15) is 0 Å². The summed E-state index contributed by atoms with van der Waals surface area (Å²) in [6.07, 6.45) is 2.92. The summed E-state index contributed by atoms with van der Waals surface area (Å²) in [7, 11) is 0. The molecule has 25 heavy (non-hydrogen) atoms. The molecule has 0 spiro atoms. The van der Waals surface area contributed by atoms with Crippen molar-refractivity contribution in [1.82, 2.24) is 0 Å². The number of esters is 1. The molecule has 0 radical (unpaired) electrons. The van der Waals surface area contributed by atoms with Crippen molar-refractivity contribution in [3.8, 4) is 0 Å². The van der Waals surface area contributed by atoms with Crippen LogP contribution in [0, 0.1) is 16.7 Å². The zero-order valence-corrected chi connectivity index (χ0v) is 15.4. The molecule has 2 bridgehead atoms. The molecule has 2 aliphatic rings. The van der Waals surface area contributed by atoms with Gasteiger partial charge in [0.2, 0.25) is 0 Å². The van der Waals surface area contributed by atoms with Crippen LogP contribution in [0.2, 0.25) is 5.02 Å². The number of fused-ring (bicyclic) bond motifs is 3. The summed E-state index contributed by atoms with van der Waals surface area (Å²) in [5, 5.41) is 1.13. The predicted molar refractivity (Wildman–Crippen MR) is 95.9 cm³/mol. The summed E-state index contributed by atoms with van der Waals surface area (Å²) in [6, 6.07) is 6.44.